The van der Waals surface area contributed by atoms with E-state index in [1.54, 1.807) is 97.9 Å². The molecule has 4 nitrogen and oxygen atoms in total. The van der Waals surface area contributed by atoms with Crippen molar-refractivity contribution in [3.8, 4) is 34.0 Å². The Kier molecular flexibility index (Phi) is 15.3. The zero-order valence-corrected chi connectivity index (χ0v) is 42.6. The summed E-state index contributed by atoms with van der Waals surface area (Å²) in [6.45, 7) is 13.8. The summed E-state index contributed by atoms with van der Waals surface area (Å²) in [7, 11) is 0. The van der Waals surface area contributed by atoms with Crippen LogP contribution in [0.15, 0.2) is 97.1 Å². The van der Waals surface area contributed by atoms with Crippen LogP contribution < -0.4 is 21.0 Å². The van der Waals surface area contributed by atoms with Crippen molar-refractivity contribution in [1.29, 1.82) is 0 Å². The summed E-state index contributed by atoms with van der Waals surface area (Å²) in [4.78, 5) is 3.22. The second-order valence-electron chi connectivity index (χ2n) is 19.9. The van der Waals surface area contributed by atoms with Crippen LogP contribution in [0.1, 0.15) is 107 Å². The van der Waals surface area contributed by atoms with Crippen LogP contribution in [-0.4, -0.2) is 21.1 Å². The van der Waals surface area contributed by atoms with Crippen molar-refractivity contribution in [3.63, 3.8) is 0 Å². The Balaban J connectivity index is 1.93. The van der Waals surface area contributed by atoms with E-state index in [2.05, 4.69) is 4.79 Å². The molecule has 0 aliphatic heterocycles. The molecule has 0 saturated heterocycles. The predicted octanol–water partition coefficient (Wildman–Crippen LogP) is 14.4. The van der Waals surface area contributed by atoms with Gasteiger partial charge in [0.2, 0.25) is 11.8 Å². The standard InChI is InChI=1S/C58H44BF15N4/c1-25(2)31-21-15-22-32(26(3)4)54(31)77-53(29-17-11-9-12-18-29)56(78(58(77)30-19-13-10-14-20-30)55-33(27(5)6)23-16-24-34(55)28(7)8)57(76-75)59(35-38(60)44(66)50(72)45(67)39(35)61,36-40(62)46(68)51(73)47(69)41(36)63)37-42(64)48(70)52(74)49(71)43(37)65/h9-28H,1-8H3. The summed E-state index contributed by atoms with van der Waals surface area (Å²) in [5.74, 6) is -50.5. The van der Waals surface area contributed by atoms with Crippen LogP contribution in [0.3, 0.4) is 0 Å². The van der Waals surface area contributed by atoms with E-state index < -0.39 is 150 Å². The third-order valence-electron chi connectivity index (χ3n) is 14.1. The van der Waals surface area contributed by atoms with Crippen molar-refractivity contribution < 1.29 is 75.2 Å². The molecule has 1 heterocycles. The summed E-state index contributed by atoms with van der Waals surface area (Å²) >= 11 is 0. The summed E-state index contributed by atoms with van der Waals surface area (Å²) < 4.78 is 252. The smallest absolute Gasteiger partial charge is 0.300 e. The Morgan fingerprint density at radius 2 is 0.692 bits per heavy atom. The van der Waals surface area contributed by atoms with Crippen molar-refractivity contribution in [1.82, 2.24) is 4.57 Å². The molecule has 0 unspecified atom stereocenters. The number of hydrogen-bond donors (Lipinski definition) is 0. The number of imidazole rings is 1. The Hall–Kier alpha value is -7.86. The van der Waals surface area contributed by atoms with Gasteiger partial charge in [0, 0.05) is 27.8 Å². The molecule has 404 valence electrons. The number of hydrogen-bond acceptors (Lipinski definition) is 0. The van der Waals surface area contributed by atoms with Gasteiger partial charge in [-0.25, -0.2) is 70.6 Å². The highest BCUT2D eigenvalue weighted by Gasteiger charge is 2.59. The average Bonchev–Trinajstić information content (AvgIpc) is 3.92. The Morgan fingerprint density at radius 1 is 0.397 bits per heavy atom. The van der Waals surface area contributed by atoms with E-state index in [0.717, 1.165) is 4.57 Å². The second kappa shape index (κ2) is 21.2. The molecular formula is C58H44BF15N4. The van der Waals surface area contributed by atoms with Gasteiger partial charge >= 0.3 is 0 Å². The molecule has 0 aliphatic carbocycles. The van der Waals surface area contributed by atoms with Crippen molar-refractivity contribution in [2.45, 2.75) is 79.1 Å². The number of rotatable bonds is 13. The molecule has 0 radical (unpaired) electrons. The molecule has 0 saturated carbocycles. The van der Waals surface area contributed by atoms with Crippen LogP contribution in [-0.2, 0) is 0 Å². The third kappa shape index (κ3) is 8.50. The van der Waals surface area contributed by atoms with E-state index in [1.807, 2.05) is 0 Å². The Bertz CT molecular complexity index is 3470. The average molecular weight is 1090 g/mol. The first-order valence-corrected chi connectivity index (χ1v) is 24.3. The highest BCUT2D eigenvalue weighted by molar-refractivity contribution is 7.31. The summed E-state index contributed by atoms with van der Waals surface area (Å²) in [6.07, 6.45) is -6.70. The van der Waals surface area contributed by atoms with E-state index in [9.17, 15) is 5.53 Å². The number of aromatic nitrogens is 2. The number of nitrogens with zero attached hydrogens (tertiary/aromatic N) is 4. The lowest BCUT2D eigenvalue weighted by Crippen LogP contribution is -2.78. The first-order valence-electron chi connectivity index (χ1n) is 24.3. The van der Waals surface area contributed by atoms with Gasteiger partial charge in [-0.05, 0) is 35.8 Å². The summed E-state index contributed by atoms with van der Waals surface area (Å²) in [6, 6.07) is 24.4. The molecule has 78 heavy (non-hydrogen) atoms. The number of para-hydroxylation sites is 2. The van der Waals surface area contributed by atoms with Crippen LogP contribution in [0.25, 0.3) is 39.6 Å². The Labute approximate surface area is 437 Å². The van der Waals surface area contributed by atoms with Crippen LogP contribution in [0.2, 0.25) is 0 Å². The second-order valence-corrected chi connectivity index (χ2v) is 19.9. The lowest BCUT2D eigenvalue weighted by Gasteiger charge is -2.39. The van der Waals surface area contributed by atoms with E-state index >= 15 is 65.9 Å². The van der Waals surface area contributed by atoms with Crippen molar-refractivity contribution in [2.24, 2.45) is 0 Å². The molecular weight excluding hydrogens is 1050 g/mol. The predicted molar refractivity (Wildman–Crippen MR) is 266 cm³/mol. The lowest BCUT2D eigenvalue weighted by molar-refractivity contribution is -0.572. The molecule has 0 N–H and O–H groups in total. The zero-order valence-electron chi connectivity index (χ0n) is 42.6. The molecule has 0 aliphatic rings. The summed E-state index contributed by atoms with van der Waals surface area (Å²) in [5, 5.41) is 0. The minimum absolute atomic E-state index is 0.0570. The molecule has 7 aromatic carbocycles. The molecule has 0 bridgehead atoms. The maximum Gasteiger partial charge on any atom is 0.300 e. The van der Waals surface area contributed by atoms with Gasteiger partial charge in [-0.3, -0.25) is 0 Å². The largest absolute Gasteiger partial charge is 0.365 e. The molecule has 1 aromatic heterocycles. The maximum absolute atomic E-state index is 17.6. The van der Waals surface area contributed by atoms with Gasteiger partial charge in [0.1, 0.15) is 46.3 Å². The van der Waals surface area contributed by atoms with Gasteiger partial charge in [0.15, 0.2) is 63.7 Å². The van der Waals surface area contributed by atoms with E-state index in [4.69, 9.17) is 0 Å². The topological polar surface area (TPSA) is 45.2 Å². The minimum atomic E-state index is -6.70. The molecule has 8 aromatic rings. The van der Waals surface area contributed by atoms with Crippen molar-refractivity contribution in [3.05, 3.63) is 218 Å². The third-order valence-corrected chi connectivity index (χ3v) is 14.1. The van der Waals surface area contributed by atoms with Crippen LogP contribution in [0, 0.1) is 87.3 Å². The normalized spacial score (nSPS) is 12.0. The van der Waals surface area contributed by atoms with Gasteiger partial charge in [-0.1, -0.05) is 140 Å². The minimum Gasteiger partial charge on any atom is -0.365 e. The fourth-order valence-corrected chi connectivity index (χ4v) is 10.6. The van der Waals surface area contributed by atoms with Gasteiger partial charge in [0.25, 0.3) is 5.82 Å². The van der Waals surface area contributed by atoms with E-state index in [0.29, 0.717) is 11.1 Å². The summed E-state index contributed by atoms with van der Waals surface area (Å²) in [5.41, 5.74) is 1.04. The quantitative estimate of drug-likeness (QED) is 0.0161. The fourth-order valence-electron chi connectivity index (χ4n) is 10.6. The monoisotopic (exact) mass is 1090 g/mol. The van der Waals surface area contributed by atoms with Crippen molar-refractivity contribution >= 4 is 28.1 Å². The molecule has 0 atom stereocenters. The Morgan fingerprint density at radius 3 is 1.00 bits per heavy atom. The molecule has 20 heteroatoms. The first-order chi connectivity index (χ1) is 36.8. The van der Waals surface area contributed by atoms with Crippen molar-refractivity contribution in [2.75, 3.05) is 0 Å². The molecule has 0 amide bonds. The van der Waals surface area contributed by atoms with E-state index in [-0.39, 0.29) is 39.5 Å². The van der Waals surface area contributed by atoms with Gasteiger partial charge in [0.05, 0.1) is 5.56 Å². The molecule has 0 fully saturated rings. The fraction of sp³-hybridized carbons (Fsp3) is 0.207. The van der Waals surface area contributed by atoms with Crippen LogP contribution >= 0.6 is 0 Å². The lowest BCUT2D eigenvalue weighted by atomic mass is 9.12. The molecule has 8 rings (SSSR count). The number of benzene rings is 7. The van der Waals surface area contributed by atoms with Gasteiger partial charge in [-0.15, -0.1) is 16.4 Å². The highest BCUT2D eigenvalue weighted by atomic mass is 19.2. The number of halogens is 15. The zero-order chi connectivity index (χ0) is 57.3. The molecule has 0 spiro atoms. The maximum atomic E-state index is 17.6. The van der Waals surface area contributed by atoms with Gasteiger partial charge < -0.3 is 5.53 Å². The van der Waals surface area contributed by atoms with Crippen LogP contribution in [0.5, 0.6) is 0 Å². The highest BCUT2D eigenvalue weighted by Crippen LogP contribution is 2.43. The van der Waals surface area contributed by atoms with E-state index in [1.165, 1.54) is 59.2 Å². The van der Waals surface area contributed by atoms with Gasteiger partial charge in [-0.2, -0.15) is 9.13 Å². The first kappa shape index (κ1) is 56.4. The van der Waals surface area contributed by atoms with Crippen LogP contribution in [0.4, 0.5) is 65.9 Å². The SMILES string of the molecule is CC(C)c1cccc(C(C)C)c1-n1c(C(=[N+]=[N-])[B-](c2c(F)c(F)c(F)c(F)c2F)(c2c(F)c(F)c(F)c(F)c2F)c2c(F)c(F)c(F)c(F)c2F)c(-c2ccccc2)[n+](-c2c(C(C)C)cccc2C(C)C)c1-c1ccccc1.